The SMILES string of the molecule is NS(=O)(=O)c1ccc(CCNC(=O)C2CCCCCC2)s1. The molecule has 1 aromatic rings. The van der Waals surface area contributed by atoms with Crippen LogP contribution in [0.3, 0.4) is 0 Å². The number of carbonyl (C=O) groups excluding carboxylic acids is 1. The van der Waals surface area contributed by atoms with E-state index in [0.29, 0.717) is 13.0 Å². The van der Waals surface area contributed by atoms with E-state index in [2.05, 4.69) is 5.32 Å². The highest BCUT2D eigenvalue weighted by Gasteiger charge is 2.19. The lowest BCUT2D eigenvalue weighted by atomic mass is 9.99. The number of carbonyl (C=O) groups is 1. The largest absolute Gasteiger partial charge is 0.356 e. The van der Waals surface area contributed by atoms with Crippen LogP contribution >= 0.6 is 11.3 Å². The molecular formula is C14H22N2O3S2. The van der Waals surface area contributed by atoms with Crippen molar-refractivity contribution in [3.05, 3.63) is 17.0 Å². The van der Waals surface area contributed by atoms with Crippen molar-refractivity contribution in [1.29, 1.82) is 0 Å². The summed E-state index contributed by atoms with van der Waals surface area (Å²) in [6.07, 6.45) is 7.35. The molecule has 1 fully saturated rings. The molecule has 0 aliphatic heterocycles. The standard InChI is InChI=1S/C14H22N2O3S2/c15-21(18,19)13-8-7-12(20-13)9-10-16-14(17)11-5-3-1-2-4-6-11/h7-8,11H,1-6,9-10H2,(H,16,17)(H2,15,18,19). The van der Waals surface area contributed by atoms with Gasteiger partial charge >= 0.3 is 0 Å². The highest BCUT2D eigenvalue weighted by Crippen LogP contribution is 2.23. The molecule has 7 heteroatoms. The average Bonchev–Trinajstić information content (AvgIpc) is 2.73. The van der Waals surface area contributed by atoms with Gasteiger partial charge in [0.15, 0.2) is 0 Å². The Morgan fingerprint density at radius 2 is 1.90 bits per heavy atom. The van der Waals surface area contributed by atoms with Crippen molar-refractivity contribution in [3.8, 4) is 0 Å². The maximum atomic E-state index is 12.1. The van der Waals surface area contributed by atoms with Crippen molar-refractivity contribution < 1.29 is 13.2 Å². The zero-order valence-corrected chi connectivity index (χ0v) is 13.6. The van der Waals surface area contributed by atoms with Crippen molar-refractivity contribution in [3.63, 3.8) is 0 Å². The smallest absolute Gasteiger partial charge is 0.247 e. The van der Waals surface area contributed by atoms with Gasteiger partial charge in [0.05, 0.1) is 0 Å². The predicted octanol–water partition coefficient (Wildman–Crippen LogP) is 2.02. The number of hydrogen-bond acceptors (Lipinski definition) is 4. The molecule has 2 rings (SSSR count). The number of sulfonamides is 1. The topological polar surface area (TPSA) is 89.3 Å². The normalized spacial score (nSPS) is 17.4. The molecule has 118 valence electrons. The first-order chi connectivity index (χ1) is 9.97. The molecule has 1 saturated carbocycles. The van der Waals surface area contributed by atoms with E-state index in [1.807, 2.05) is 0 Å². The molecule has 1 heterocycles. The molecule has 1 amide bonds. The number of nitrogens with one attached hydrogen (secondary N) is 1. The monoisotopic (exact) mass is 330 g/mol. The molecule has 0 aromatic carbocycles. The third kappa shape index (κ3) is 5.09. The van der Waals surface area contributed by atoms with E-state index in [0.717, 1.165) is 30.6 Å². The minimum absolute atomic E-state index is 0.139. The van der Waals surface area contributed by atoms with E-state index in [1.165, 1.54) is 30.2 Å². The number of rotatable bonds is 5. The van der Waals surface area contributed by atoms with Gasteiger partial charge in [0.25, 0.3) is 0 Å². The summed E-state index contributed by atoms with van der Waals surface area (Å²) < 4.78 is 22.5. The second-order valence-corrected chi connectivity index (χ2v) is 8.45. The fourth-order valence-corrected chi connectivity index (χ4v) is 4.42. The summed E-state index contributed by atoms with van der Waals surface area (Å²) in [6.45, 7) is 0.542. The van der Waals surface area contributed by atoms with E-state index in [-0.39, 0.29) is 16.0 Å². The Hall–Kier alpha value is -0.920. The second kappa shape index (κ2) is 7.38. The molecular weight excluding hydrogens is 308 g/mol. The predicted molar refractivity (Wildman–Crippen MR) is 83.6 cm³/mol. The van der Waals surface area contributed by atoms with Gasteiger partial charge in [0.1, 0.15) is 4.21 Å². The lowest BCUT2D eigenvalue weighted by molar-refractivity contribution is -0.125. The first-order valence-corrected chi connectivity index (χ1v) is 9.72. The van der Waals surface area contributed by atoms with Crippen molar-refractivity contribution in [2.24, 2.45) is 11.1 Å². The number of primary sulfonamides is 1. The molecule has 21 heavy (non-hydrogen) atoms. The Kier molecular flexibility index (Phi) is 5.78. The molecule has 3 N–H and O–H groups in total. The molecule has 1 aliphatic carbocycles. The molecule has 0 unspecified atom stereocenters. The van der Waals surface area contributed by atoms with Gasteiger partial charge in [0, 0.05) is 17.3 Å². The fraction of sp³-hybridized carbons (Fsp3) is 0.643. The van der Waals surface area contributed by atoms with Crippen LogP contribution in [0.15, 0.2) is 16.3 Å². The van der Waals surface area contributed by atoms with E-state index < -0.39 is 10.0 Å². The van der Waals surface area contributed by atoms with Crippen molar-refractivity contribution in [2.45, 2.75) is 49.2 Å². The molecule has 0 saturated heterocycles. The van der Waals surface area contributed by atoms with Gasteiger partial charge in [-0.2, -0.15) is 0 Å². The molecule has 5 nitrogen and oxygen atoms in total. The van der Waals surface area contributed by atoms with Crippen molar-refractivity contribution in [2.75, 3.05) is 6.54 Å². The minimum Gasteiger partial charge on any atom is -0.356 e. The van der Waals surface area contributed by atoms with Crippen molar-refractivity contribution >= 4 is 27.3 Å². The summed E-state index contributed by atoms with van der Waals surface area (Å²) in [6, 6.07) is 3.27. The molecule has 0 spiro atoms. The summed E-state index contributed by atoms with van der Waals surface area (Å²) >= 11 is 1.17. The van der Waals surface area contributed by atoms with Gasteiger partial charge < -0.3 is 5.32 Å². The molecule has 0 atom stereocenters. The van der Waals surface area contributed by atoms with Gasteiger partial charge in [-0.25, -0.2) is 13.6 Å². The van der Waals surface area contributed by atoms with E-state index >= 15 is 0 Å². The van der Waals surface area contributed by atoms with Gasteiger partial charge in [-0.15, -0.1) is 11.3 Å². The van der Waals surface area contributed by atoms with Gasteiger partial charge in [-0.3, -0.25) is 4.79 Å². The Morgan fingerprint density at radius 1 is 1.24 bits per heavy atom. The number of thiophene rings is 1. The maximum absolute atomic E-state index is 12.1. The summed E-state index contributed by atoms with van der Waals surface area (Å²) in [5.41, 5.74) is 0. The van der Waals surface area contributed by atoms with Crippen LogP contribution in [0, 0.1) is 5.92 Å². The quantitative estimate of drug-likeness (QED) is 0.810. The van der Waals surface area contributed by atoms with Crippen LogP contribution < -0.4 is 10.5 Å². The second-order valence-electron chi connectivity index (χ2n) is 5.50. The average molecular weight is 330 g/mol. The Morgan fingerprint density at radius 3 is 2.48 bits per heavy atom. The zero-order valence-electron chi connectivity index (χ0n) is 12.0. The lowest BCUT2D eigenvalue weighted by Gasteiger charge is -2.13. The number of amides is 1. The van der Waals surface area contributed by atoms with Crippen LogP contribution in [0.25, 0.3) is 0 Å². The molecule has 1 aliphatic rings. The summed E-state index contributed by atoms with van der Waals surface area (Å²) in [5, 5.41) is 8.04. The van der Waals surface area contributed by atoms with Crippen LogP contribution in [0.4, 0.5) is 0 Å². The van der Waals surface area contributed by atoms with E-state index in [4.69, 9.17) is 5.14 Å². The van der Waals surface area contributed by atoms with Gasteiger partial charge in [-0.05, 0) is 31.4 Å². The number of hydrogen-bond donors (Lipinski definition) is 2. The maximum Gasteiger partial charge on any atom is 0.247 e. The third-order valence-electron chi connectivity index (χ3n) is 3.81. The summed E-state index contributed by atoms with van der Waals surface area (Å²) in [5.74, 6) is 0.288. The molecule has 0 radical (unpaired) electrons. The first-order valence-electron chi connectivity index (χ1n) is 7.36. The minimum atomic E-state index is -3.61. The number of nitrogens with two attached hydrogens (primary N) is 1. The summed E-state index contributed by atoms with van der Waals surface area (Å²) in [7, 11) is -3.61. The first kappa shape index (κ1) is 16.5. The van der Waals surface area contributed by atoms with Crippen LogP contribution in [0.5, 0.6) is 0 Å². The highest BCUT2D eigenvalue weighted by molar-refractivity contribution is 7.91. The zero-order chi connectivity index (χ0) is 15.3. The Labute approximate surface area is 130 Å². The van der Waals surface area contributed by atoms with Crippen LogP contribution in [-0.2, 0) is 21.2 Å². The van der Waals surface area contributed by atoms with E-state index in [9.17, 15) is 13.2 Å². The lowest BCUT2D eigenvalue weighted by Crippen LogP contribution is -2.31. The van der Waals surface area contributed by atoms with Crippen LogP contribution in [-0.4, -0.2) is 20.9 Å². The Bertz CT molecular complexity index is 573. The van der Waals surface area contributed by atoms with Gasteiger partial charge in [0.2, 0.25) is 15.9 Å². The molecule has 0 bridgehead atoms. The fourth-order valence-electron chi connectivity index (χ4n) is 2.64. The third-order valence-corrected chi connectivity index (χ3v) is 6.40. The summed E-state index contributed by atoms with van der Waals surface area (Å²) in [4.78, 5) is 13.0. The van der Waals surface area contributed by atoms with Gasteiger partial charge in [-0.1, -0.05) is 25.7 Å². The molecule has 1 aromatic heterocycles. The Balaban J connectivity index is 1.78. The van der Waals surface area contributed by atoms with E-state index in [1.54, 1.807) is 6.07 Å². The van der Waals surface area contributed by atoms with Crippen molar-refractivity contribution in [1.82, 2.24) is 5.32 Å². The van der Waals surface area contributed by atoms with Crippen LogP contribution in [0.1, 0.15) is 43.4 Å². The highest BCUT2D eigenvalue weighted by atomic mass is 32.2. The van der Waals surface area contributed by atoms with Crippen LogP contribution in [0.2, 0.25) is 0 Å².